The van der Waals surface area contributed by atoms with E-state index in [1.54, 1.807) is 0 Å². The van der Waals surface area contributed by atoms with Crippen molar-refractivity contribution in [1.29, 1.82) is 0 Å². The third kappa shape index (κ3) is 30.2. The van der Waals surface area contributed by atoms with Crippen LogP contribution in [0.15, 0.2) is 0 Å². The second-order valence-electron chi connectivity index (χ2n) is 4.96. The van der Waals surface area contributed by atoms with Crippen LogP contribution in [0.3, 0.4) is 0 Å². The Bertz CT molecular complexity index is 162. The smallest absolute Gasteiger partial charge is 0.0701 e. The van der Waals surface area contributed by atoms with E-state index in [0.717, 1.165) is 19.6 Å². The van der Waals surface area contributed by atoms with Gasteiger partial charge in [-0.3, -0.25) is 0 Å². The highest BCUT2D eigenvalue weighted by Gasteiger charge is 1.90. The SMILES string of the molecule is CCCCCCOCCC.OCCOCCOCCOCCO. The summed E-state index contributed by atoms with van der Waals surface area (Å²) in [4.78, 5) is 0. The van der Waals surface area contributed by atoms with Gasteiger partial charge in [0.05, 0.1) is 52.9 Å². The fraction of sp³-hybridized carbons (Fsp3) is 1.00. The molecule has 0 amide bonds. The summed E-state index contributed by atoms with van der Waals surface area (Å²) in [6.07, 6.45) is 6.39. The Morgan fingerprint density at radius 1 is 0.478 bits per heavy atom. The second kappa shape index (κ2) is 26.6. The lowest BCUT2D eigenvalue weighted by Gasteiger charge is -2.04. The Kier molecular flexibility index (Phi) is 29.0. The molecule has 0 saturated heterocycles. The van der Waals surface area contributed by atoms with E-state index in [1.807, 2.05) is 0 Å². The average molecular weight is 338 g/mol. The molecular weight excluding hydrogens is 300 g/mol. The molecule has 0 aromatic carbocycles. The van der Waals surface area contributed by atoms with Gasteiger partial charge in [-0.15, -0.1) is 0 Å². The summed E-state index contributed by atoms with van der Waals surface area (Å²) in [6.45, 7) is 9.04. The van der Waals surface area contributed by atoms with Crippen molar-refractivity contribution < 1.29 is 29.2 Å². The molecular formula is C17H38O6. The normalized spacial score (nSPS) is 10.4. The molecule has 2 N–H and O–H groups in total. The van der Waals surface area contributed by atoms with Gasteiger partial charge >= 0.3 is 0 Å². The molecule has 0 atom stereocenters. The van der Waals surface area contributed by atoms with Crippen LogP contribution in [0.2, 0.25) is 0 Å². The van der Waals surface area contributed by atoms with E-state index in [9.17, 15) is 0 Å². The van der Waals surface area contributed by atoms with Gasteiger partial charge in [0.1, 0.15) is 0 Å². The van der Waals surface area contributed by atoms with Gasteiger partial charge in [0.15, 0.2) is 0 Å². The van der Waals surface area contributed by atoms with Gasteiger partial charge in [-0.2, -0.15) is 0 Å². The van der Waals surface area contributed by atoms with Crippen molar-refractivity contribution >= 4 is 0 Å². The van der Waals surface area contributed by atoms with Gasteiger partial charge in [0.25, 0.3) is 0 Å². The Balaban J connectivity index is 0. The van der Waals surface area contributed by atoms with Crippen LogP contribution in [-0.4, -0.2) is 76.3 Å². The molecule has 0 radical (unpaired) electrons. The highest BCUT2D eigenvalue weighted by atomic mass is 16.5. The third-order valence-electron chi connectivity index (χ3n) is 2.71. The largest absolute Gasteiger partial charge is 0.394 e. The molecule has 0 heterocycles. The van der Waals surface area contributed by atoms with E-state index < -0.39 is 0 Å². The first-order valence-electron chi connectivity index (χ1n) is 8.86. The minimum atomic E-state index is 0.0413. The van der Waals surface area contributed by atoms with Crippen LogP contribution >= 0.6 is 0 Å². The summed E-state index contributed by atoms with van der Waals surface area (Å²) >= 11 is 0. The highest BCUT2D eigenvalue weighted by molar-refractivity contribution is 4.38. The van der Waals surface area contributed by atoms with E-state index >= 15 is 0 Å². The molecule has 0 aliphatic heterocycles. The van der Waals surface area contributed by atoms with Crippen molar-refractivity contribution in [3.8, 4) is 0 Å². The number of unbranched alkanes of at least 4 members (excludes halogenated alkanes) is 3. The van der Waals surface area contributed by atoms with Crippen LogP contribution in [0.25, 0.3) is 0 Å². The highest BCUT2D eigenvalue weighted by Crippen LogP contribution is 1.98. The van der Waals surface area contributed by atoms with Crippen LogP contribution in [-0.2, 0) is 18.9 Å². The average Bonchev–Trinajstić information content (AvgIpc) is 2.57. The number of aliphatic hydroxyl groups excluding tert-OH is 2. The first-order valence-corrected chi connectivity index (χ1v) is 8.86. The van der Waals surface area contributed by atoms with Crippen LogP contribution < -0.4 is 0 Å². The summed E-state index contributed by atoms with van der Waals surface area (Å²) in [5, 5.41) is 16.7. The van der Waals surface area contributed by atoms with E-state index in [0.29, 0.717) is 39.6 Å². The molecule has 0 fully saturated rings. The topological polar surface area (TPSA) is 77.4 Å². The summed E-state index contributed by atoms with van der Waals surface area (Å²) in [6, 6.07) is 0. The zero-order valence-electron chi connectivity index (χ0n) is 15.1. The van der Waals surface area contributed by atoms with Crippen molar-refractivity contribution in [3.05, 3.63) is 0 Å². The number of rotatable bonds is 17. The summed E-state index contributed by atoms with van der Waals surface area (Å²) in [7, 11) is 0. The van der Waals surface area contributed by atoms with Gasteiger partial charge in [0, 0.05) is 13.2 Å². The number of aliphatic hydroxyl groups is 2. The Morgan fingerprint density at radius 3 is 1.39 bits per heavy atom. The van der Waals surface area contributed by atoms with E-state index in [-0.39, 0.29) is 13.2 Å². The third-order valence-corrected chi connectivity index (χ3v) is 2.71. The van der Waals surface area contributed by atoms with E-state index in [4.69, 9.17) is 29.2 Å². The second-order valence-corrected chi connectivity index (χ2v) is 4.96. The summed E-state index contributed by atoms with van der Waals surface area (Å²) in [5.41, 5.74) is 0. The molecule has 0 bridgehead atoms. The lowest BCUT2D eigenvalue weighted by atomic mass is 10.2. The minimum Gasteiger partial charge on any atom is -0.394 e. The van der Waals surface area contributed by atoms with E-state index in [2.05, 4.69) is 13.8 Å². The minimum absolute atomic E-state index is 0.0413. The molecule has 0 aliphatic rings. The molecule has 23 heavy (non-hydrogen) atoms. The molecule has 6 heteroatoms. The summed E-state index contributed by atoms with van der Waals surface area (Å²) in [5.74, 6) is 0. The van der Waals surface area contributed by atoms with Crippen molar-refractivity contribution in [2.45, 2.75) is 46.0 Å². The monoisotopic (exact) mass is 338 g/mol. The van der Waals surface area contributed by atoms with Crippen molar-refractivity contribution in [2.24, 2.45) is 0 Å². The zero-order valence-corrected chi connectivity index (χ0v) is 15.1. The Morgan fingerprint density at radius 2 is 0.957 bits per heavy atom. The number of hydrogen-bond acceptors (Lipinski definition) is 6. The summed E-state index contributed by atoms with van der Waals surface area (Å²) < 4.78 is 20.4. The lowest BCUT2D eigenvalue weighted by Crippen LogP contribution is -2.11. The van der Waals surface area contributed by atoms with E-state index in [1.165, 1.54) is 25.7 Å². The Hall–Kier alpha value is -0.240. The maximum absolute atomic E-state index is 8.36. The molecule has 6 nitrogen and oxygen atoms in total. The van der Waals surface area contributed by atoms with Crippen molar-refractivity contribution in [3.63, 3.8) is 0 Å². The predicted molar refractivity (Wildman–Crippen MR) is 91.9 cm³/mol. The molecule has 0 spiro atoms. The van der Waals surface area contributed by atoms with Gasteiger partial charge in [0.2, 0.25) is 0 Å². The fourth-order valence-corrected chi connectivity index (χ4v) is 1.55. The van der Waals surface area contributed by atoms with Gasteiger partial charge in [-0.25, -0.2) is 0 Å². The lowest BCUT2D eigenvalue weighted by molar-refractivity contribution is 0.00230. The molecule has 0 aromatic heterocycles. The van der Waals surface area contributed by atoms with Gasteiger partial charge in [-0.1, -0.05) is 33.1 Å². The standard InChI is InChI=1S/C9H20O.C8H18O5/c1-3-5-6-7-9-10-8-4-2;9-1-3-11-5-7-13-8-6-12-4-2-10/h3-9H2,1-2H3;9-10H,1-8H2. The van der Waals surface area contributed by atoms with Crippen molar-refractivity contribution in [1.82, 2.24) is 0 Å². The van der Waals surface area contributed by atoms with Crippen LogP contribution in [0.5, 0.6) is 0 Å². The molecule has 0 unspecified atom stereocenters. The maximum Gasteiger partial charge on any atom is 0.0701 e. The molecule has 142 valence electrons. The first-order chi connectivity index (χ1) is 11.3. The molecule has 0 aliphatic carbocycles. The first kappa shape index (κ1) is 25.0. The van der Waals surface area contributed by atoms with Crippen LogP contribution in [0.1, 0.15) is 46.0 Å². The zero-order chi connectivity index (χ0) is 17.4. The number of ether oxygens (including phenoxy) is 4. The maximum atomic E-state index is 8.36. The van der Waals surface area contributed by atoms with Crippen LogP contribution in [0, 0.1) is 0 Å². The molecule has 0 rings (SSSR count). The Labute approximate surface area is 142 Å². The molecule has 0 aromatic rings. The van der Waals surface area contributed by atoms with Crippen LogP contribution in [0.4, 0.5) is 0 Å². The van der Waals surface area contributed by atoms with Crippen molar-refractivity contribution in [2.75, 3.05) is 66.1 Å². The quantitative estimate of drug-likeness (QED) is 0.395. The number of hydrogen-bond donors (Lipinski definition) is 2. The predicted octanol–water partition coefficient (Wildman–Crippen LogP) is 2.01. The van der Waals surface area contributed by atoms with Gasteiger partial charge in [-0.05, 0) is 12.8 Å². The van der Waals surface area contributed by atoms with Gasteiger partial charge < -0.3 is 29.2 Å². The fourth-order valence-electron chi connectivity index (χ4n) is 1.55. The molecule has 0 saturated carbocycles.